The first-order valence-electron chi connectivity index (χ1n) is 40.0. The van der Waals surface area contributed by atoms with Crippen molar-refractivity contribution < 1.29 is 95.6 Å². The van der Waals surface area contributed by atoms with Gasteiger partial charge in [-0.25, -0.2) is 0 Å². The third-order valence-electron chi connectivity index (χ3n) is 24.4. The number of carbonyl (C=O) groups excluding carboxylic acids is 9. The van der Waals surface area contributed by atoms with Crippen LogP contribution in [-0.4, -0.2) is 317 Å². The monoisotopic (exact) mass is 1520 g/mol. The Kier molecular flexibility index (Phi) is 27.7. The van der Waals surface area contributed by atoms with E-state index in [1.807, 2.05) is 11.0 Å². The van der Waals surface area contributed by atoms with Crippen LogP contribution < -0.4 is 26.6 Å². The van der Waals surface area contributed by atoms with Crippen LogP contribution in [0.2, 0.25) is 0 Å². The zero-order chi connectivity index (χ0) is 76.3. The molecule has 22 atom stereocenters. The largest absolute Gasteiger partial charge is 0.391 e. The molecule has 14 heterocycles. The van der Waals surface area contributed by atoms with Crippen LogP contribution in [0.4, 0.5) is 0 Å². The summed E-state index contributed by atoms with van der Waals surface area (Å²) in [6.07, 6.45) is 4.99. The number of nitrogens with one attached hydrogen (secondary N) is 5. The van der Waals surface area contributed by atoms with Crippen molar-refractivity contribution in [3.63, 3.8) is 0 Å². The van der Waals surface area contributed by atoms with Gasteiger partial charge in [0.05, 0.1) is 100.0 Å². The van der Waals surface area contributed by atoms with Crippen molar-refractivity contribution in [2.24, 2.45) is 11.8 Å². The lowest BCUT2D eigenvalue weighted by Crippen LogP contribution is -2.61. The molecule has 6 N–H and O–H groups in total. The molecule has 1 spiro atoms. The fourth-order valence-electron chi connectivity index (χ4n) is 18.2. The summed E-state index contributed by atoms with van der Waals surface area (Å²) in [6, 6.07) is 7.81. The molecule has 1 aromatic rings. The van der Waals surface area contributed by atoms with Gasteiger partial charge in [-0.3, -0.25) is 57.9 Å². The van der Waals surface area contributed by atoms with Crippen molar-refractivity contribution >= 4 is 53.0 Å². The molecule has 14 aliphatic heterocycles. The van der Waals surface area contributed by atoms with Crippen LogP contribution in [0.3, 0.4) is 0 Å². The molecule has 30 heteroatoms. The quantitative estimate of drug-likeness (QED) is 0.0504. The molecule has 0 radical (unpaired) electrons. The number of methoxy groups -OCH3 is 1. The summed E-state index contributed by atoms with van der Waals surface area (Å²) in [5.74, 6) is -4.72. The highest BCUT2D eigenvalue weighted by molar-refractivity contribution is 6.12. The zero-order valence-electron chi connectivity index (χ0n) is 63.3. The molecule has 15 rings (SSSR count). The molecule has 8 amide bonds. The standard InChI is InChI=1S/C79H114N10O20/c1-48-36-54-13-15-59-49(2)37-56(102-59)19-21-79-43-64-74(108-79)75-76(107-64)77(109-79)73-60(106-75)16-14-55(104-73)39-52(90)40-57-62(42-61(103-54)50(48)3)105-63(72(57)100-4)41-53(91)44-80-67(94)46-83-78(99)58(38-51-10-6-5-7-11-51)84-68(95)47-82-66(93)45-81-65(92)20-23-85-24-26-86-28-30-88(31-29-87(27-25-85)33-35-101-34-32-86)69(96)12-8-9-22-89-70(97)17-18-71(89)98/h5-7,10-11,17-18,48,53-64,72-77,91H,2-3,8-9,12-16,19-47H2,1,4H3,(H,80,94)(H,81,92)(H,82,93)(H,83,99)(H,84,95)/t48-,53+,54+,55-,56+,57+,58+,59+,60+,61-,62+,63-,64-,72-,73+,74+,75?,76?,77+,79+/m1/s1. The highest BCUT2D eigenvalue weighted by Gasteiger charge is 2.69. The van der Waals surface area contributed by atoms with Crippen LogP contribution in [0, 0.1) is 11.8 Å². The average Bonchev–Trinajstić information content (AvgIpc) is 1.55. The topological polar surface area (TPSA) is 343 Å². The number of nitrogens with zero attached hydrogens (tertiary/aromatic N) is 5. The number of rotatable bonds is 23. The van der Waals surface area contributed by atoms with Gasteiger partial charge in [-0.15, -0.1) is 0 Å². The van der Waals surface area contributed by atoms with Crippen LogP contribution in [0.1, 0.15) is 122 Å². The second-order valence-corrected chi connectivity index (χ2v) is 32.0. The van der Waals surface area contributed by atoms with Crippen LogP contribution in [0.15, 0.2) is 66.8 Å². The van der Waals surface area contributed by atoms with E-state index >= 15 is 0 Å². The van der Waals surface area contributed by atoms with E-state index in [0.29, 0.717) is 142 Å². The first-order chi connectivity index (χ1) is 52.7. The van der Waals surface area contributed by atoms with Gasteiger partial charge < -0.3 is 88.9 Å². The minimum Gasteiger partial charge on any atom is -0.391 e. The first-order valence-corrected chi connectivity index (χ1v) is 40.0. The number of aliphatic hydroxyl groups is 1. The minimum atomic E-state index is -1.16. The summed E-state index contributed by atoms with van der Waals surface area (Å²) in [6.45, 7) is 17.7. The SMILES string of the molecule is C=C1C[C@@H]2CC[C@@]34C[C@H]5OC6C(O[C@H]7CC[C@H](CC(=O)C[C@@H]8[C@@H](OC)[C@@H](C[C@H](O)CNC(=O)CNC(=O)[C@H](Cc9ccccc9)NC(=O)CNC(=O)CNC(=O)CCN9CCN%10CCOCCN(CC9)CCN(C(=O)CCCCN9C(=O)C=CC9=O)CC%10)O[C@H]8C[C@H]8O[C@@H](CC[C@@H]1O2)C[C@@H](C)C8=C)O[C@@H]7[C@@H]6O3)[C@H]5O4. The van der Waals surface area contributed by atoms with Gasteiger partial charge in [0.1, 0.15) is 42.3 Å². The van der Waals surface area contributed by atoms with Crippen molar-refractivity contribution in [2.45, 2.75) is 232 Å². The smallest absolute Gasteiger partial charge is 0.253 e. The number of fused-ring (bicyclic) bond motifs is 18. The van der Waals surface area contributed by atoms with E-state index in [-0.39, 0.29) is 142 Å². The molecule has 14 aliphatic rings. The number of aliphatic hydroxyl groups excluding tert-OH is 1. The molecule has 14 bridgehead atoms. The highest BCUT2D eigenvalue weighted by atomic mass is 16.8. The summed E-state index contributed by atoms with van der Waals surface area (Å²) in [5, 5.41) is 24.9. The molecule has 109 heavy (non-hydrogen) atoms. The van der Waals surface area contributed by atoms with E-state index in [1.54, 1.807) is 31.4 Å². The van der Waals surface area contributed by atoms with Gasteiger partial charge in [0, 0.05) is 168 Å². The minimum absolute atomic E-state index is 0.0177. The van der Waals surface area contributed by atoms with E-state index in [4.69, 9.17) is 47.4 Å². The number of ether oxygens (including phenoxy) is 10. The molecule has 0 aromatic heterocycles. The zero-order valence-corrected chi connectivity index (χ0v) is 63.3. The van der Waals surface area contributed by atoms with Crippen molar-refractivity contribution in [3.05, 3.63) is 72.4 Å². The molecule has 600 valence electrons. The fraction of sp³-hybridized carbons (Fsp3) is 0.734. The Morgan fingerprint density at radius 2 is 1.29 bits per heavy atom. The second-order valence-electron chi connectivity index (χ2n) is 32.0. The molecule has 0 aliphatic carbocycles. The van der Waals surface area contributed by atoms with E-state index in [1.165, 1.54) is 17.1 Å². The molecule has 13 saturated heterocycles. The van der Waals surface area contributed by atoms with Gasteiger partial charge in [-0.1, -0.05) is 50.4 Å². The van der Waals surface area contributed by atoms with Crippen LogP contribution in [-0.2, 0) is 96.9 Å². The van der Waals surface area contributed by atoms with E-state index in [0.717, 1.165) is 43.3 Å². The van der Waals surface area contributed by atoms with Crippen molar-refractivity contribution in [1.82, 2.24) is 51.1 Å². The maximum Gasteiger partial charge on any atom is 0.253 e. The lowest BCUT2D eigenvalue weighted by molar-refractivity contribution is -0.292. The van der Waals surface area contributed by atoms with E-state index in [2.05, 4.69) is 61.4 Å². The number of imide groups is 1. The van der Waals surface area contributed by atoms with Gasteiger partial charge in [-0.2, -0.15) is 0 Å². The third-order valence-corrected chi connectivity index (χ3v) is 24.4. The molecule has 13 fully saturated rings. The summed E-state index contributed by atoms with van der Waals surface area (Å²) in [7, 11) is 1.57. The first kappa shape index (κ1) is 80.6. The number of hydrogen-bond acceptors (Lipinski definition) is 23. The maximum atomic E-state index is 14.6. The van der Waals surface area contributed by atoms with Crippen molar-refractivity contribution in [2.75, 3.05) is 125 Å². The maximum absolute atomic E-state index is 14.6. The Bertz CT molecular complexity index is 3400. The molecule has 30 nitrogen and oxygen atoms in total. The summed E-state index contributed by atoms with van der Waals surface area (Å²) < 4.78 is 67.0. The van der Waals surface area contributed by atoms with E-state index < -0.39 is 97.2 Å². The van der Waals surface area contributed by atoms with Gasteiger partial charge >= 0.3 is 0 Å². The number of benzene rings is 1. The fourth-order valence-corrected chi connectivity index (χ4v) is 18.2. The summed E-state index contributed by atoms with van der Waals surface area (Å²) >= 11 is 0. The summed E-state index contributed by atoms with van der Waals surface area (Å²) in [4.78, 5) is 129. The highest BCUT2D eigenvalue weighted by Crippen LogP contribution is 2.55. The van der Waals surface area contributed by atoms with Crippen LogP contribution >= 0.6 is 0 Å². The number of ketones is 1. The van der Waals surface area contributed by atoms with Crippen LogP contribution in [0.25, 0.3) is 0 Å². The Hall–Kier alpha value is -6.49. The Balaban J connectivity index is 0.562. The predicted molar refractivity (Wildman–Crippen MR) is 392 cm³/mol. The number of unbranched alkanes of at least 4 members (excludes halogenated alkanes) is 1. The predicted octanol–water partition coefficient (Wildman–Crippen LogP) is 0.935. The van der Waals surface area contributed by atoms with Gasteiger partial charge in [0.25, 0.3) is 11.8 Å². The molecular weight excluding hydrogens is 1410 g/mol. The van der Waals surface area contributed by atoms with Gasteiger partial charge in [-0.05, 0) is 80.4 Å². The van der Waals surface area contributed by atoms with Gasteiger partial charge in [0.2, 0.25) is 35.4 Å². The lowest BCUT2D eigenvalue weighted by atomic mass is 9.81. The van der Waals surface area contributed by atoms with Crippen molar-refractivity contribution in [3.8, 4) is 0 Å². The Morgan fingerprint density at radius 3 is 2.06 bits per heavy atom. The van der Waals surface area contributed by atoms with Crippen LogP contribution in [0.5, 0.6) is 0 Å². The van der Waals surface area contributed by atoms with Crippen molar-refractivity contribution in [1.29, 1.82) is 0 Å². The average molecular weight is 1520 g/mol. The Labute approximate surface area is 638 Å². The lowest BCUT2D eigenvalue weighted by Gasteiger charge is -2.47. The molecule has 0 saturated carbocycles. The van der Waals surface area contributed by atoms with E-state index in [9.17, 15) is 48.3 Å². The second kappa shape index (κ2) is 37.4. The Morgan fingerprint density at radius 1 is 0.624 bits per heavy atom. The normalized spacial score (nSPS) is 35.6. The molecule has 4 unspecified atom stereocenters. The summed E-state index contributed by atoms with van der Waals surface area (Å²) in [5.41, 5.74) is 2.74. The number of hydrogen-bond donors (Lipinski definition) is 6. The number of amides is 8. The third kappa shape index (κ3) is 20.9. The van der Waals surface area contributed by atoms with Gasteiger partial charge in [0.15, 0.2) is 5.79 Å². The number of Topliss-reactive ketones (excluding diaryl/α,β-unsaturated/α-hetero) is 1. The molecule has 1 aromatic carbocycles. The molecular formula is C79H114N10O20. The number of carbonyl (C=O) groups is 9.